The zero-order valence-corrected chi connectivity index (χ0v) is 13.1. The zero-order valence-electron chi connectivity index (χ0n) is 10.8. The molecular formula is C14H5Cl3F4O2. The Balaban J connectivity index is 2.42. The first-order chi connectivity index (χ1) is 10.6. The third kappa shape index (κ3) is 4.07. The second-order valence-corrected chi connectivity index (χ2v) is 5.44. The molecule has 0 saturated carbocycles. The van der Waals surface area contributed by atoms with Crippen LogP contribution in [0.4, 0.5) is 17.6 Å². The van der Waals surface area contributed by atoms with Crippen molar-refractivity contribution in [2.24, 2.45) is 0 Å². The molecule has 0 saturated heterocycles. The molecule has 2 aromatic rings. The number of hydrogen-bond donors (Lipinski definition) is 0. The molecule has 9 heteroatoms. The fourth-order valence-corrected chi connectivity index (χ4v) is 2.31. The molecule has 23 heavy (non-hydrogen) atoms. The van der Waals surface area contributed by atoms with Gasteiger partial charge in [-0.25, -0.2) is 4.39 Å². The van der Waals surface area contributed by atoms with E-state index in [1.807, 2.05) is 0 Å². The topological polar surface area (TPSA) is 26.3 Å². The van der Waals surface area contributed by atoms with Crippen molar-refractivity contribution in [1.29, 1.82) is 0 Å². The molecule has 0 amide bonds. The highest BCUT2D eigenvalue weighted by Crippen LogP contribution is 2.39. The summed E-state index contributed by atoms with van der Waals surface area (Å²) in [6.45, 7) is 0. The van der Waals surface area contributed by atoms with Crippen LogP contribution in [0.25, 0.3) is 0 Å². The molecule has 0 atom stereocenters. The molecule has 0 spiro atoms. The first kappa shape index (κ1) is 17.8. The minimum atomic E-state index is -4.75. The lowest BCUT2D eigenvalue weighted by Crippen LogP contribution is -2.06. The Labute approximate surface area is 142 Å². The number of carbonyl (C=O) groups excluding carboxylic acids is 1. The van der Waals surface area contributed by atoms with Gasteiger partial charge in [0, 0.05) is 0 Å². The van der Waals surface area contributed by atoms with Gasteiger partial charge in [-0.15, -0.1) is 0 Å². The van der Waals surface area contributed by atoms with Crippen LogP contribution in [0.5, 0.6) is 11.5 Å². The summed E-state index contributed by atoms with van der Waals surface area (Å²) in [5.41, 5.74) is -1.35. The Morgan fingerprint density at radius 1 is 1.04 bits per heavy atom. The standard InChI is InChI=1S/C14H5Cl3F4O2/c15-9-2-1-7(5-8(9)13(17)22)23-12-10(16)3-6(4-11(12)18)14(19,20)21/h1-5H. The lowest BCUT2D eigenvalue weighted by Gasteiger charge is -2.13. The van der Waals surface area contributed by atoms with E-state index in [0.29, 0.717) is 6.07 Å². The molecule has 0 radical (unpaired) electrons. The summed E-state index contributed by atoms with van der Waals surface area (Å²) in [6, 6.07) is 4.45. The summed E-state index contributed by atoms with van der Waals surface area (Å²) in [6.07, 6.45) is -4.75. The smallest absolute Gasteiger partial charge is 0.416 e. The van der Waals surface area contributed by atoms with Gasteiger partial charge in [0.15, 0.2) is 11.6 Å². The molecule has 0 aliphatic rings. The molecule has 2 rings (SSSR count). The molecule has 0 aliphatic heterocycles. The second kappa shape index (κ2) is 6.55. The lowest BCUT2D eigenvalue weighted by atomic mass is 10.2. The largest absolute Gasteiger partial charge is 0.453 e. The van der Waals surface area contributed by atoms with Crippen molar-refractivity contribution in [1.82, 2.24) is 0 Å². The molecule has 0 fully saturated rings. The van der Waals surface area contributed by atoms with E-state index in [4.69, 9.17) is 39.5 Å². The van der Waals surface area contributed by atoms with Crippen LogP contribution in [0, 0.1) is 5.82 Å². The van der Waals surface area contributed by atoms with Gasteiger partial charge in [-0.2, -0.15) is 13.2 Å². The maximum absolute atomic E-state index is 13.8. The predicted octanol–water partition coefficient (Wildman–Crippen LogP) is 6.32. The van der Waals surface area contributed by atoms with Gasteiger partial charge in [0.1, 0.15) is 5.75 Å². The van der Waals surface area contributed by atoms with Crippen LogP contribution in [0.1, 0.15) is 15.9 Å². The van der Waals surface area contributed by atoms with Crippen molar-refractivity contribution in [2.75, 3.05) is 0 Å². The molecule has 0 unspecified atom stereocenters. The maximum Gasteiger partial charge on any atom is 0.416 e. The summed E-state index contributed by atoms with van der Waals surface area (Å²) in [5.74, 6) is -1.99. The second-order valence-electron chi connectivity index (χ2n) is 4.28. The fourth-order valence-electron chi connectivity index (χ4n) is 1.66. The van der Waals surface area contributed by atoms with E-state index in [1.54, 1.807) is 0 Å². The average Bonchev–Trinajstić information content (AvgIpc) is 2.43. The molecule has 2 aromatic carbocycles. The van der Waals surface area contributed by atoms with Crippen LogP contribution in [0.2, 0.25) is 10.0 Å². The van der Waals surface area contributed by atoms with Gasteiger partial charge in [-0.05, 0) is 41.9 Å². The van der Waals surface area contributed by atoms with Gasteiger partial charge in [0.2, 0.25) is 0 Å². The summed E-state index contributed by atoms with van der Waals surface area (Å²) < 4.78 is 56.6. The highest BCUT2D eigenvalue weighted by atomic mass is 35.5. The SMILES string of the molecule is O=C(Cl)c1cc(Oc2c(F)cc(C(F)(F)F)cc2Cl)ccc1Cl. The number of hydrogen-bond acceptors (Lipinski definition) is 2. The number of halogens is 7. The predicted molar refractivity (Wildman–Crippen MR) is 78.1 cm³/mol. The maximum atomic E-state index is 13.8. The monoisotopic (exact) mass is 386 g/mol. The number of ether oxygens (including phenoxy) is 1. The Hall–Kier alpha value is -1.50. The van der Waals surface area contributed by atoms with Crippen LogP contribution >= 0.6 is 34.8 Å². The minimum Gasteiger partial charge on any atom is -0.453 e. The number of benzene rings is 2. The van der Waals surface area contributed by atoms with Gasteiger partial charge in [-0.3, -0.25) is 4.79 Å². The van der Waals surface area contributed by atoms with E-state index in [0.717, 1.165) is 6.07 Å². The Kier molecular flexibility index (Phi) is 5.08. The van der Waals surface area contributed by atoms with Crippen LogP contribution in [-0.2, 0) is 6.18 Å². The molecule has 0 aliphatic carbocycles. The quantitative estimate of drug-likeness (QED) is 0.455. The van der Waals surface area contributed by atoms with E-state index in [9.17, 15) is 22.4 Å². The van der Waals surface area contributed by atoms with Crippen molar-refractivity contribution in [3.63, 3.8) is 0 Å². The summed E-state index contributed by atoms with van der Waals surface area (Å²) >= 11 is 16.7. The Morgan fingerprint density at radius 3 is 2.22 bits per heavy atom. The first-order valence-corrected chi connectivity index (χ1v) is 6.96. The van der Waals surface area contributed by atoms with Crippen LogP contribution in [0.3, 0.4) is 0 Å². The fraction of sp³-hybridized carbons (Fsp3) is 0.0714. The minimum absolute atomic E-state index is 0.0383. The first-order valence-electron chi connectivity index (χ1n) is 5.83. The number of alkyl halides is 3. The molecule has 0 heterocycles. The summed E-state index contributed by atoms with van der Waals surface area (Å²) in [7, 11) is 0. The van der Waals surface area contributed by atoms with Crippen molar-refractivity contribution >= 4 is 40.0 Å². The van der Waals surface area contributed by atoms with E-state index in [1.165, 1.54) is 12.1 Å². The molecule has 0 N–H and O–H groups in total. The van der Waals surface area contributed by atoms with Crippen molar-refractivity contribution < 1.29 is 27.1 Å². The molecular weight excluding hydrogens is 383 g/mol. The zero-order chi connectivity index (χ0) is 17.4. The lowest BCUT2D eigenvalue weighted by molar-refractivity contribution is -0.137. The highest BCUT2D eigenvalue weighted by molar-refractivity contribution is 6.68. The van der Waals surface area contributed by atoms with Gasteiger partial charge in [0.25, 0.3) is 5.24 Å². The Morgan fingerprint density at radius 2 is 1.70 bits per heavy atom. The number of carbonyl (C=O) groups is 1. The molecule has 122 valence electrons. The third-order valence-electron chi connectivity index (χ3n) is 2.70. The van der Waals surface area contributed by atoms with Crippen molar-refractivity contribution in [3.8, 4) is 11.5 Å². The summed E-state index contributed by atoms with van der Waals surface area (Å²) in [4.78, 5) is 11.2. The van der Waals surface area contributed by atoms with E-state index < -0.39 is 33.6 Å². The van der Waals surface area contributed by atoms with E-state index in [-0.39, 0.29) is 22.4 Å². The van der Waals surface area contributed by atoms with Crippen molar-refractivity contribution in [2.45, 2.75) is 6.18 Å². The van der Waals surface area contributed by atoms with Crippen molar-refractivity contribution in [3.05, 3.63) is 57.3 Å². The van der Waals surface area contributed by atoms with Crippen LogP contribution in [0.15, 0.2) is 30.3 Å². The Bertz CT molecular complexity index is 752. The van der Waals surface area contributed by atoms with E-state index in [2.05, 4.69) is 0 Å². The normalized spacial score (nSPS) is 11.4. The third-order valence-corrected chi connectivity index (χ3v) is 3.51. The van der Waals surface area contributed by atoms with Gasteiger partial charge < -0.3 is 4.74 Å². The molecule has 2 nitrogen and oxygen atoms in total. The number of rotatable bonds is 3. The van der Waals surface area contributed by atoms with Gasteiger partial charge >= 0.3 is 6.18 Å². The van der Waals surface area contributed by atoms with Crippen LogP contribution in [-0.4, -0.2) is 5.24 Å². The van der Waals surface area contributed by atoms with Crippen LogP contribution < -0.4 is 4.74 Å². The average molecular weight is 388 g/mol. The van der Waals surface area contributed by atoms with Gasteiger partial charge in [0.05, 0.1) is 21.2 Å². The summed E-state index contributed by atoms with van der Waals surface area (Å²) in [5, 5.41) is -1.41. The highest BCUT2D eigenvalue weighted by Gasteiger charge is 2.32. The van der Waals surface area contributed by atoms with Gasteiger partial charge in [-0.1, -0.05) is 23.2 Å². The van der Waals surface area contributed by atoms with E-state index >= 15 is 0 Å². The molecule has 0 bridgehead atoms. The molecule has 0 aromatic heterocycles.